The van der Waals surface area contributed by atoms with Gasteiger partial charge < -0.3 is 16.4 Å². The van der Waals surface area contributed by atoms with Crippen LogP contribution in [0.1, 0.15) is 50.6 Å². The van der Waals surface area contributed by atoms with Gasteiger partial charge in [-0.2, -0.15) is 15.0 Å². The van der Waals surface area contributed by atoms with Gasteiger partial charge in [-0.05, 0) is 37.8 Å². The maximum Gasteiger partial charge on any atom is 0.232 e. The Morgan fingerprint density at radius 2 is 1.96 bits per heavy atom. The first-order valence-electron chi connectivity index (χ1n) is 9.75. The lowest BCUT2D eigenvalue weighted by Crippen LogP contribution is -2.41. The van der Waals surface area contributed by atoms with E-state index in [1.807, 2.05) is 37.3 Å². The summed E-state index contributed by atoms with van der Waals surface area (Å²) in [6.45, 7) is 4.19. The minimum atomic E-state index is -0.0730. The Morgan fingerprint density at radius 1 is 1.21 bits per heavy atom. The molecule has 2 aromatic rings. The lowest BCUT2D eigenvalue weighted by molar-refractivity contribution is -0.119. The van der Waals surface area contributed by atoms with Crippen LogP contribution in [0.4, 0.5) is 17.6 Å². The van der Waals surface area contributed by atoms with Crippen LogP contribution in [-0.2, 0) is 4.79 Å². The summed E-state index contributed by atoms with van der Waals surface area (Å²) in [6.07, 6.45) is 4.72. The van der Waals surface area contributed by atoms with Crippen molar-refractivity contribution in [1.82, 2.24) is 20.3 Å². The van der Waals surface area contributed by atoms with Crippen molar-refractivity contribution in [3.05, 3.63) is 36.2 Å². The largest absolute Gasteiger partial charge is 0.368 e. The van der Waals surface area contributed by atoms with E-state index in [1.165, 1.54) is 31.0 Å². The molecule has 1 saturated carbocycles. The van der Waals surface area contributed by atoms with Crippen LogP contribution >= 0.6 is 11.8 Å². The average molecular weight is 401 g/mol. The Morgan fingerprint density at radius 3 is 2.71 bits per heavy atom. The highest BCUT2D eigenvalue weighted by atomic mass is 32.2. The maximum absolute atomic E-state index is 12.3. The molecule has 1 aromatic heterocycles. The van der Waals surface area contributed by atoms with Gasteiger partial charge in [-0.3, -0.25) is 4.79 Å². The van der Waals surface area contributed by atoms with Crippen LogP contribution in [0.15, 0.2) is 30.3 Å². The van der Waals surface area contributed by atoms with Gasteiger partial charge in [0.1, 0.15) is 5.82 Å². The van der Waals surface area contributed by atoms with Gasteiger partial charge in [-0.25, -0.2) is 0 Å². The molecule has 3 atom stereocenters. The Balaban J connectivity index is 1.56. The van der Waals surface area contributed by atoms with E-state index < -0.39 is 0 Å². The molecule has 0 bridgehead atoms. The number of carbonyl (C=O) groups excluding carboxylic acids is 1. The molecule has 0 saturated heterocycles. The quantitative estimate of drug-likeness (QED) is 0.651. The zero-order chi connectivity index (χ0) is 19.9. The number of hydrogen-bond acceptors (Lipinski definition) is 7. The molecule has 3 rings (SSSR count). The minimum absolute atomic E-state index is 0.0697. The molecule has 0 radical (unpaired) electrons. The Labute approximate surface area is 170 Å². The number of carbonyl (C=O) groups is 1. The second-order valence-electron chi connectivity index (χ2n) is 7.26. The van der Waals surface area contributed by atoms with Gasteiger partial charge in [-0.1, -0.05) is 38.0 Å². The normalized spacial score (nSPS) is 20.4. The summed E-state index contributed by atoms with van der Waals surface area (Å²) >= 11 is 1.50. The number of anilines is 3. The monoisotopic (exact) mass is 400 g/mol. The number of benzene rings is 1. The fraction of sp³-hybridized carbons (Fsp3) is 0.500. The highest BCUT2D eigenvalue weighted by Crippen LogP contribution is 2.28. The molecule has 4 N–H and O–H groups in total. The molecular formula is C20H28N6OS. The molecule has 150 valence electrons. The van der Waals surface area contributed by atoms with Crippen LogP contribution in [0.25, 0.3) is 0 Å². The number of aromatic nitrogens is 3. The summed E-state index contributed by atoms with van der Waals surface area (Å²) in [7, 11) is 0. The van der Waals surface area contributed by atoms with Crippen molar-refractivity contribution < 1.29 is 4.79 Å². The predicted molar refractivity (Wildman–Crippen MR) is 114 cm³/mol. The second-order valence-corrected chi connectivity index (χ2v) is 8.58. The third-order valence-electron chi connectivity index (χ3n) is 4.99. The zero-order valence-corrected chi connectivity index (χ0v) is 17.2. The van der Waals surface area contributed by atoms with E-state index in [0.717, 1.165) is 12.1 Å². The van der Waals surface area contributed by atoms with Gasteiger partial charge in [0.2, 0.25) is 17.8 Å². The van der Waals surface area contributed by atoms with E-state index in [1.54, 1.807) is 0 Å². The number of hydrogen-bond donors (Lipinski definition) is 3. The minimum Gasteiger partial charge on any atom is -0.368 e. The molecule has 1 heterocycles. The summed E-state index contributed by atoms with van der Waals surface area (Å²) in [6, 6.07) is 9.95. The van der Waals surface area contributed by atoms with E-state index in [-0.39, 0.29) is 17.1 Å². The number of thioether (sulfide) groups is 1. The Bertz CT molecular complexity index is 788. The lowest BCUT2D eigenvalue weighted by atomic mass is 9.86. The Kier molecular flexibility index (Phi) is 7.08. The fourth-order valence-electron chi connectivity index (χ4n) is 3.35. The number of amides is 1. The van der Waals surface area contributed by atoms with Crippen molar-refractivity contribution in [1.29, 1.82) is 0 Å². The van der Waals surface area contributed by atoms with Crippen LogP contribution in [0, 0.1) is 5.92 Å². The number of nitrogens with one attached hydrogen (secondary N) is 2. The van der Waals surface area contributed by atoms with Crippen molar-refractivity contribution in [2.24, 2.45) is 5.92 Å². The molecular weight excluding hydrogens is 372 g/mol. The fourth-order valence-corrected chi connectivity index (χ4v) is 4.09. The number of rotatable bonds is 7. The van der Waals surface area contributed by atoms with Gasteiger partial charge in [0.05, 0.1) is 11.0 Å². The van der Waals surface area contributed by atoms with Gasteiger partial charge in [0, 0.05) is 11.7 Å². The summed E-state index contributed by atoms with van der Waals surface area (Å²) < 4.78 is 0. The number of nitrogen functional groups attached to an aromatic ring is 1. The summed E-state index contributed by atoms with van der Waals surface area (Å²) in [4.78, 5) is 25.2. The summed E-state index contributed by atoms with van der Waals surface area (Å²) in [5, 5.41) is 6.24. The third kappa shape index (κ3) is 5.82. The maximum atomic E-state index is 12.3. The predicted octanol–water partition coefficient (Wildman–Crippen LogP) is 3.69. The van der Waals surface area contributed by atoms with Gasteiger partial charge >= 0.3 is 0 Å². The van der Waals surface area contributed by atoms with Crippen LogP contribution in [-0.4, -0.2) is 32.7 Å². The first-order valence-corrected chi connectivity index (χ1v) is 10.8. The van der Waals surface area contributed by atoms with Crippen LogP contribution in [0.3, 0.4) is 0 Å². The number of nitrogens with two attached hydrogens (primary N) is 1. The molecule has 1 amide bonds. The number of nitrogens with zero attached hydrogens (tertiary/aromatic N) is 3. The summed E-state index contributed by atoms with van der Waals surface area (Å²) in [5.41, 5.74) is 6.73. The third-order valence-corrected chi connectivity index (χ3v) is 6.13. The number of para-hydroxylation sites is 1. The van der Waals surface area contributed by atoms with Crippen molar-refractivity contribution in [2.75, 3.05) is 16.8 Å². The van der Waals surface area contributed by atoms with Crippen LogP contribution in [0.2, 0.25) is 0 Å². The summed E-state index contributed by atoms with van der Waals surface area (Å²) in [5.74, 6) is 2.13. The van der Waals surface area contributed by atoms with Crippen molar-refractivity contribution in [2.45, 2.75) is 50.8 Å². The molecule has 8 heteroatoms. The molecule has 0 spiro atoms. The van der Waals surface area contributed by atoms with Gasteiger partial charge in [-0.15, -0.1) is 11.8 Å². The standard InChI is InChI=1S/C20H28N6OS/c1-13-8-6-7-11-16(13)23-17(27)12-28-14(2)18-24-19(21)26-20(25-18)22-15-9-4-3-5-10-15/h3-5,9-10,13-14,16H,6-8,11-12H2,1-2H3,(H,23,27)(H3,21,22,24,25,26)/t13-,14+,16-/m1/s1. The molecule has 1 aromatic carbocycles. The Hall–Kier alpha value is -2.35. The smallest absolute Gasteiger partial charge is 0.232 e. The van der Waals surface area contributed by atoms with Gasteiger partial charge in [0.25, 0.3) is 0 Å². The van der Waals surface area contributed by atoms with E-state index >= 15 is 0 Å². The van der Waals surface area contributed by atoms with Crippen LogP contribution < -0.4 is 16.4 Å². The second kappa shape index (κ2) is 9.73. The van der Waals surface area contributed by atoms with E-state index in [9.17, 15) is 4.79 Å². The van der Waals surface area contributed by atoms with Crippen LogP contribution in [0.5, 0.6) is 0 Å². The van der Waals surface area contributed by atoms with E-state index in [0.29, 0.717) is 29.5 Å². The topological polar surface area (TPSA) is 106 Å². The molecule has 1 aliphatic rings. The first-order chi connectivity index (χ1) is 13.5. The molecule has 28 heavy (non-hydrogen) atoms. The SMILES string of the molecule is C[C@H](SCC(=O)N[C@@H]1CCCC[C@H]1C)c1nc(N)nc(Nc2ccccc2)n1. The molecule has 1 fully saturated rings. The molecule has 0 unspecified atom stereocenters. The van der Waals surface area contributed by atoms with Crippen molar-refractivity contribution in [3.8, 4) is 0 Å². The molecule has 1 aliphatic carbocycles. The molecule has 7 nitrogen and oxygen atoms in total. The van der Waals surface area contributed by atoms with E-state index in [4.69, 9.17) is 5.73 Å². The van der Waals surface area contributed by atoms with E-state index in [2.05, 4.69) is 32.5 Å². The van der Waals surface area contributed by atoms with Crippen molar-refractivity contribution >= 4 is 35.3 Å². The molecule has 0 aliphatic heterocycles. The first kappa shape index (κ1) is 20.4. The highest BCUT2D eigenvalue weighted by Gasteiger charge is 2.23. The van der Waals surface area contributed by atoms with Crippen molar-refractivity contribution in [3.63, 3.8) is 0 Å². The zero-order valence-electron chi connectivity index (χ0n) is 16.4. The lowest BCUT2D eigenvalue weighted by Gasteiger charge is -2.29. The average Bonchev–Trinajstić information content (AvgIpc) is 2.68. The highest BCUT2D eigenvalue weighted by molar-refractivity contribution is 8.00. The van der Waals surface area contributed by atoms with Gasteiger partial charge in [0.15, 0.2) is 0 Å².